The molecule has 2 heteroatoms. The lowest BCUT2D eigenvalue weighted by molar-refractivity contribution is 1.50. The molecule has 0 spiro atoms. The van der Waals surface area contributed by atoms with Crippen molar-refractivity contribution < 1.29 is 0 Å². The molecule has 1 aromatic heterocycles. The van der Waals surface area contributed by atoms with Gasteiger partial charge in [0.1, 0.15) is 0 Å². The second-order valence-corrected chi connectivity index (χ2v) is 8.17. The second kappa shape index (κ2) is 7.03. The van der Waals surface area contributed by atoms with Gasteiger partial charge in [-0.1, -0.05) is 78.4 Å². The van der Waals surface area contributed by atoms with Gasteiger partial charge in [0.15, 0.2) is 0 Å². The maximum Gasteiger partial charge on any atom is 0.0486 e. The fourth-order valence-electron chi connectivity index (χ4n) is 4.46. The summed E-state index contributed by atoms with van der Waals surface area (Å²) in [6, 6.07) is 36.8. The number of rotatable bonds is 3. The van der Waals surface area contributed by atoms with E-state index < -0.39 is 0 Å². The Morgan fingerprint density at radius 2 is 1.39 bits per heavy atom. The normalized spacial score (nSPS) is 11.4. The predicted molar refractivity (Wildman–Crippen MR) is 133 cm³/mol. The highest BCUT2D eigenvalue weighted by atomic mass is 14.9. The molecule has 148 valence electrons. The van der Waals surface area contributed by atoms with E-state index in [9.17, 15) is 0 Å². The average molecular weight is 399 g/mol. The van der Waals surface area contributed by atoms with Gasteiger partial charge in [-0.05, 0) is 53.6 Å². The van der Waals surface area contributed by atoms with E-state index >= 15 is 0 Å². The minimum atomic E-state index is 1.09. The lowest BCUT2D eigenvalue weighted by atomic mass is 10.00. The van der Waals surface area contributed by atoms with Crippen LogP contribution in [0.1, 0.15) is 5.56 Å². The van der Waals surface area contributed by atoms with E-state index in [1.54, 1.807) is 0 Å². The molecule has 0 saturated heterocycles. The molecule has 5 aromatic carbocycles. The number of aromatic nitrogens is 1. The molecule has 6 rings (SSSR count). The first-order valence-electron chi connectivity index (χ1n) is 10.6. The van der Waals surface area contributed by atoms with Gasteiger partial charge < -0.3 is 10.3 Å². The van der Waals surface area contributed by atoms with Crippen molar-refractivity contribution in [3.05, 3.63) is 109 Å². The molecule has 2 N–H and O–H groups in total. The van der Waals surface area contributed by atoms with Crippen LogP contribution in [0.15, 0.2) is 103 Å². The van der Waals surface area contributed by atoms with Gasteiger partial charge >= 0.3 is 0 Å². The molecule has 31 heavy (non-hydrogen) atoms. The number of H-pyrrole nitrogens is 1. The van der Waals surface area contributed by atoms with Crippen LogP contribution < -0.4 is 5.32 Å². The highest BCUT2D eigenvalue weighted by Crippen LogP contribution is 2.37. The number of aryl methyl sites for hydroxylation is 1. The van der Waals surface area contributed by atoms with Gasteiger partial charge in [-0.15, -0.1) is 0 Å². The first-order valence-corrected chi connectivity index (χ1v) is 10.6. The SMILES string of the molecule is Cc1ccc2cc(Nc3cc4[nH]c5ccccc5c4cc3-c3ccccc3)ccc2c1. The van der Waals surface area contributed by atoms with Crippen LogP contribution >= 0.6 is 0 Å². The second-order valence-electron chi connectivity index (χ2n) is 8.17. The van der Waals surface area contributed by atoms with Gasteiger partial charge in [-0.25, -0.2) is 0 Å². The number of para-hydroxylation sites is 1. The minimum absolute atomic E-state index is 1.09. The Morgan fingerprint density at radius 1 is 0.613 bits per heavy atom. The van der Waals surface area contributed by atoms with Gasteiger partial charge in [0.2, 0.25) is 0 Å². The minimum Gasteiger partial charge on any atom is -0.355 e. The summed E-state index contributed by atoms with van der Waals surface area (Å²) in [7, 11) is 0. The van der Waals surface area contributed by atoms with Crippen LogP contribution in [0, 0.1) is 6.92 Å². The lowest BCUT2D eigenvalue weighted by Crippen LogP contribution is -1.94. The Bertz CT molecular complexity index is 1560. The summed E-state index contributed by atoms with van der Waals surface area (Å²) < 4.78 is 0. The van der Waals surface area contributed by atoms with Gasteiger partial charge in [-0.2, -0.15) is 0 Å². The van der Waals surface area contributed by atoms with Crippen LogP contribution in [0.5, 0.6) is 0 Å². The van der Waals surface area contributed by atoms with Crippen LogP contribution in [-0.4, -0.2) is 4.98 Å². The van der Waals surface area contributed by atoms with Crippen molar-refractivity contribution in [3.8, 4) is 11.1 Å². The maximum absolute atomic E-state index is 3.69. The van der Waals surface area contributed by atoms with Gasteiger partial charge in [-0.3, -0.25) is 0 Å². The van der Waals surface area contributed by atoms with E-state index in [2.05, 4.69) is 120 Å². The van der Waals surface area contributed by atoms with Gasteiger partial charge in [0, 0.05) is 38.7 Å². The van der Waals surface area contributed by atoms with Crippen LogP contribution in [-0.2, 0) is 0 Å². The highest BCUT2D eigenvalue weighted by Gasteiger charge is 2.12. The monoisotopic (exact) mass is 398 g/mol. The zero-order valence-corrected chi connectivity index (χ0v) is 17.3. The van der Waals surface area contributed by atoms with Gasteiger partial charge in [0.25, 0.3) is 0 Å². The molecule has 0 unspecified atom stereocenters. The third-order valence-corrected chi connectivity index (χ3v) is 6.00. The zero-order valence-electron chi connectivity index (χ0n) is 17.3. The summed E-state index contributed by atoms with van der Waals surface area (Å²) in [6.07, 6.45) is 0. The largest absolute Gasteiger partial charge is 0.355 e. The number of aromatic amines is 1. The molecule has 0 radical (unpaired) electrons. The van der Waals surface area contributed by atoms with E-state index in [4.69, 9.17) is 0 Å². The zero-order chi connectivity index (χ0) is 20.8. The molecule has 0 atom stereocenters. The van der Waals surface area contributed by atoms with E-state index in [1.807, 2.05) is 0 Å². The van der Waals surface area contributed by atoms with Crippen molar-refractivity contribution in [1.29, 1.82) is 0 Å². The third kappa shape index (κ3) is 3.13. The quantitative estimate of drug-likeness (QED) is 0.309. The van der Waals surface area contributed by atoms with Crippen LogP contribution in [0.4, 0.5) is 11.4 Å². The van der Waals surface area contributed by atoms with Crippen molar-refractivity contribution in [2.75, 3.05) is 5.32 Å². The standard InChI is InChI=1S/C29H22N2/c1-19-11-12-22-16-23(14-13-21(22)15-19)30-28-18-29-26(24-9-5-6-10-27(24)31-29)17-25(28)20-7-3-2-4-8-20/h2-18,30-31H,1H3. The molecular formula is C29H22N2. The summed E-state index contributed by atoms with van der Waals surface area (Å²) >= 11 is 0. The molecule has 0 aliphatic heterocycles. The number of fused-ring (bicyclic) bond motifs is 4. The van der Waals surface area contributed by atoms with Crippen molar-refractivity contribution in [2.45, 2.75) is 6.92 Å². The molecular weight excluding hydrogens is 376 g/mol. The summed E-state index contributed by atoms with van der Waals surface area (Å²) in [5, 5.41) is 8.69. The van der Waals surface area contributed by atoms with E-state index in [0.29, 0.717) is 0 Å². The molecule has 6 aromatic rings. The number of hydrogen-bond acceptors (Lipinski definition) is 1. The molecule has 0 aliphatic rings. The third-order valence-electron chi connectivity index (χ3n) is 6.00. The highest BCUT2D eigenvalue weighted by molar-refractivity contribution is 6.10. The fraction of sp³-hybridized carbons (Fsp3) is 0.0345. The molecule has 1 heterocycles. The maximum atomic E-state index is 3.69. The molecule has 0 bridgehead atoms. The Balaban J connectivity index is 1.54. The van der Waals surface area contributed by atoms with Crippen molar-refractivity contribution in [3.63, 3.8) is 0 Å². The summed E-state index contributed by atoms with van der Waals surface area (Å²) in [4.78, 5) is 3.58. The molecule has 0 saturated carbocycles. The van der Waals surface area contributed by atoms with E-state index in [1.165, 1.54) is 38.2 Å². The fourth-order valence-corrected chi connectivity index (χ4v) is 4.46. The van der Waals surface area contributed by atoms with Crippen LogP contribution in [0.2, 0.25) is 0 Å². The van der Waals surface area contributed by atoms with Crippen molar-refractivity contribution in [1.82, 2.24) is 4.98 Å². The Kier molecular flexibility index (Phi) is 4.03. The number of anilines is 2. The van der Waals surface area contributed by atoms with Crippen molar-refractivity contribution in [2.24, 2.45) is 0 Å². The predicted octanol–water partition coefficient (Wildman–Crippen LogP) is 8.19. The summed E-state index contributed by atoms with van der Waals surface area (Å²) in [5.74, 6) is 0. The van der Waals surface area contributed by atoms with E-state index in [-0.39, 0.29) is 0 Å². The first-order chi connectivity index (χ1) is 15.2. The average Bonchev–Trinajstić information content (AvgIpc) is 3.16. The molecule has 2 nitrogen and oxygen atoms in total. The molecule has 0 aliphatic carbocycles. The Morgan fingerprint density at radius 3 is 2.29 bits per heavy atom. The topological polar surface area (TPSA) is 27.8 Å². The number of nitrogens with one attached hydrogen (secondary N) is 2. The van der Waals surface area contributed by atoms with E-state index in [0.717, 1.165) is 22.4 Å². The molecule has 0 fully saturated rings. The van der Waals surface area contributed by atoms with Gasteiger partial charge in [0.05, 0.1) is 0 Å². The van der Waals surface area contributed by atoms with Crippen molar-refractivity contribution >= 4 is 44.0 Å². The summed E-state index contributed by atoms with van der Waals surface area (Å²) in [5.41, 5.74) is 8.16. The van der Waals surface area contributed by atoms with Crippen LogP contribution in [0.3, 0.4) is 0 Å². The van der Waals surface area contributed by atoms with Crippen LogP contribution in [0.25, 0.3) is 43.7 Å². The smallest absolute Gasteiger partial charge is 0.0486 e. The Hall–Kier alpha value is -4.04. The summed E-state index contributed by atoms with van der Waals surface area (Å²) in [6.45, 7) is 2.13. The molecule has 0 amide bonds. The first kappa shape index (κ1) is 17.8. The Labute approximate surface area is 181 Å². The number of hydrogen-bond donors (Lipinski definition) is 2. The lowest BCUT2D eigenvalue weighted by Gasteiger charge is -2.14. The number of benzene rings is 5.